The lowest BCUT2D eigenvalue weighted by Crippen LogP contribution is -2.13. The van der Waals surface area contributed by atoms with Gasteiger partial charge in [0.25, 0.3) is 5.91 Å². The van der Waals surface area contributed by atoms with Crippen molar-refractivity contribution in [2.75, 3.05) is 12.4 Å². The Balaban J connectivity index is 1.47. The first-order chi connectivity index (χ1) is 17.9. The van der Waals surface area contributed by atoms with Gasteiger partial charge in [-0.1, -0.05) is 29.3 Å². The molecule has 2 N–H and O–H groups in total. The van der Waals surface area contributed by atoms with Crippen LogP contribution in [0.15, 0.2) is 73.2 Å². The molecule has 10 heteroatoms. The van der Waals surface area contributed by atoms with Gasteiger partial charge < -0.3 is 14.8 Å². The van der Waals surface area contributed by atoms with Crippen LogP contribution >= 0.6 is 23.2 Å². The van der Waals surface area contributed by atoms with Crippen LogP contribution in [-0.4, -0.2) is 33.2 Å². The predicted octanol–water partition coefficient (Wildman–Crippen LogP) is 6.73. The molecule has 3 heterocycles. The number of amides is 1. The first kappa shape index (κ1) is 24.5. The minimum absolute atomic E-state index is 0.308. The molecule has 0 saturated heterocycles. The highest BCUT2D eigenvalue weighted by Crippen LogP contribution is 2.36. The topological polar surface area (TPSA) is 102 Å². The highest BCUT2D eigenvalue weighted by Gasteiger charge is 2.18. The van der Waals surface area contributed by atoms with Crippen LogP contribution in [0.4, 0.5) is 5.69 Å². The number of hydrogen-bond donors (Lipinski definition) is 2. The quantitative estimate of drug-likeness (QED) is 0.240. The molecule has 37 heavy (non-hydrogen) atoms. The van der Waals surface area contributed by atoms with Gasteiger partial charge in [-0.15, -0.1) is 0 Å². The Hall–Kier alpha value is -4.14. The molecule has 1 atom stereocenters. The van der Waals surface area contributed by atoms with Crippen LogP contribution in [0.5, 0.6) is 11.5 Å². The molecule has 0 radical (unpaired) electrons. The van der Waals surface area contributed by atoms with Crippen LogP contribution < -0.4 is 14.8 Å². The monoisotopic (exact) mass is 533 g/mol. The molecule has 186 valence electrons. The van der Waals surface area contributed by atoms with Crippen molar-refractivity contribution < 1.29 is 14.3 Å². The number of methoxy groups -OCH3 is 1. The Morgan fingerprint density at radius 3 is 2.57 bits per heavy atom. The number of fused-ring (bicyclic) bond motifs is 1. The number of carbonyl (C=O) groups is 1. The minimum Gasteiger partial charge on any atom is -0.497 e. The van der Waals surface area contributed by atoms with E-state index < -0.39 is 6.10 Å². The van der Waals surface area contributed by atoms with Gasteiger partial charge in [-0.25, -0.2) is 0 Å². The predicted molar refractivity (Wildman–Crippen MR) is 144 cm³/mol. The summed E-state index contributed by atoms with van der Waals surface area (Å²) in [4.78, 5) is 20.8. The zero-order valence-corrected chi connectivity index (χ0v) is 21.3. The summed E-state index contributed by atoms with van der Waals surface area (Å²) in [6.07, 6.45) is 4.22. The lowest BCUT2D eigenvalue weighted by atomic mass is 10.1. The molecular formula is C27H21Cl2N5O3. The van der Waals surface area contributed by atoms with Crippen molar-refractivity contribution >= 4 is 45.7 Å². The van der Waals surface area contributed by atoms with Gasteiger partial charge in [-0.2, -0.15) is 5.10 Å². The Morgan fingerprint density at radius 2 is 1.84 bits per heavy atom. The second kappa shape index (κ2) is 10.5. The van der Waals surface area contributed by atoms with E-state index in [1.807, 2.05) is 37.3 Å². The summed E-state index contributed by atoms with van der Waals surface area (Å²) < 4.78 is 11.7. The van der Waals surface area contributed by atoms with Crippen LogP contribution in [0.2, 0.25) is 10.0 Å². The number of ether oxygens (including phenoxy) is 2. The summed E-state index contributed by atoms with van der Waals surface area (Å²) in [7, 11) is 1.56. The number of nitrogens with one attached hydrogen (secondary N) is 2. The number of aromatic amines is 1. The SMILES string of the molecule is COc1cc(NC(=O)c2ccccn2)cc(-c2n[nH]c3ccc(O[C@H](C)c4c(Cl)cncc4Cl)cc23)c1. The van der Waals surface area contributed by atoms with Crippen molar-refractivity contribution in [2.45, 2.75) is 13.0 Å². The standard InChI is InChI=1S/C27H21Cl2N5O3/c1-15(25-21(28)13-30-14-22(25)29)37-18-6-7-23-20(12-18)26(34-33-23)16-9-17(11-19(10-16)36-2)32-27(35)24-5-3-4-8-31-24/h3-15H,1-2H3,(H,32,35)(H,33,34)/t15-/m1/s1. The molecule has 0 spiro atoms. The van der Waals surface area contributed by atoms with E-state index in [0.29, 0.717) is 44.2 Å². The molecule has 0 unspecified atom stereocenters. The maximum Gasteiger partial charge on any atom is 0.274 e. The molecule has 0 saturated carbocycles. The molecule has 2 aromatic carbocycles. The zero-order valence-electron chi connectivity index (χ0n) is 19.8. The Bertz CT molecular complexity index is 1570. The maximum atomic E-state index is 12.7. The normalized spacial score (nSPS) is 11.8. The number of aromatic nitrogens is 4. The fourth-order valence-electron chi connectivity index (χ4n) is 3.98. The van der Waals surface area contributed by atoms with Gasteiger partial charge >= 0.3 is 0 Å². The molecule has 0 fully saturated rings. The van der Waals surface area contributed by atoms with Gasteiger partial charge in [-0.05, 0) is 49.4 Å². The van der Waals surface area contributed by atoms with Crippen LogP contribution in [0, 0.1) is 0 Å². The van der Waals surface area contributed by atoms with Crippen molar-refractivity contribution in [2.24, 2.45) is 0 Å². The van der Waals surface area contributed by atoms with Gasteiger partial charge in [0.05, 0.1) is 22.7 Å². The molecule has 0 aliphatic heterocycles. The summed E-state index contributed by atoms with van der Waals surface area (Å²) >= 11 is 12.6. The number of pyridine rings is 2. The van der Waals surface area contributed by atoms with E-state index in [2.05, 4.69) is 25.5 Å². The number of H-pyrrole nitrogens is 1. The first-order valence-corrected chi connectivity index (χ1v) is 12.0. The fourth-order valence-corrected chi connectivity index (χ4v) is 4.65. The van der Waals surface area contributed by atoms with Gasteiger partial charge in [0.15, 0.2) is 0 Å². The van der Waals surface area contributed by atoms with Crippen molar-refractivity contribution in [1.82, 2.24) is 20.2 Å². The Kier molecular flexibility index (Phi) is 6.94. The molecule has 8 nitrogen and oxygen atoms in total. The first-order valence-electron chi connectivity index (χ1n) is 11.3. The van der Waals surface area contributed by atoms with Gasteiger partial charge in [0.2, 0.25) is 0 Å². The van der Waals surface area contributed by atoms with E-state index in [9.17, 15) is 4.79 Å². The fraction of sp³-hybridized carbons (Fsp3) is 0.111. The third-order valence-electron chi connectivity index (χ3n) is 5.72. The van der Waals surface area contributed by atoms with E-state index in [1.54, 1.807) is 37.6 Å². The maximum absolute atomic E-state index is 12.7. The van der Waals surface area contributed by atoms with Crippen molar-refractivity contribution in [1.29, 1.82) is 0 Å². The summed E-state index contributed by atoms with van der Waals surface area (Å²) in [6.45, 7) is 1.87. The molecule has 1 amide bonds. The number of halogens is 2. The highest BCUT2D eigenvalue weighted by atomic mass is 35.5. The van der Waals surface area contributed by atoms with E-state index >= 15 is 0 Å². The van der Waals surface area contributed by atoms with Crippen molar-refractivity contribution in [3.8, 4) is 22.8 Å². The number of hydrogen-bond acceptors (Lipinski definition) is 6. The Labute approximate surface area is 222 Å². The largest absolute Gasteiger partial charge is 0.497 e. The second-order valence-corrected chi connectivity index (χ2v) is 8.99. The third kappa shape index (κ3) is 5.21. The average molecular weight is 534 g/mol. The number of rotatable bonds is 7. The number of anilines is 1. The van der Waals surface area contributed by atoms with Gasteiger partial charge in [-0.3, -0.25) is 19.9 Å². The smallest absolute Gasteiger partial charge is 0.274 e. The van der Waals surface area contributed by atoms with Gasteiger partial charge in [0.1, 0.15) is 29.0 Å². The van der Waals surface area contributed by atoms with E-state index in [0.717, 1.165) is 16.5 Å². The molecule has 5 rings (SSSR count). The summed E-state index contributed by atoms with van der Waals surface area (Å²) in [5.41, 5.74) is 3.74. The molecule has 0 bridgehead atoms. The average Bonchev–Trinajstić information content (AvgIpc) is 3.32. The van der Waals surface area contributed by atoms with Crippen LogP contribution in [0.3, 0.4) is 0 Å². The molecule has 3 aromatic heterocycles. The van der Waals surface area contributed by atoms with Crippen molar-refractivity contribution in [3.63, 3.8) is 0 Å². The van der Waals surface area contributed by atoms with Crippen LogP contribution in [-0.2, 0) is 0 Å². The van der Waals surface area contributed by atoms with Crippen LogP contribution in [0.1, 0.15) is 29.1 Å². The minimum atomic E-state index is -0.416. The zero-order chi connectivity index (χ0) is 25.9. The lowest BCUT2D eigenvalue weighted by Gasteiger charge is -2.17. The Morgan fingerprint density at radius 1 is 1.03 bits per heavy atom. The molecule has 5 aromatic rings. The van der Waals surface area contributed by atoms with Crippen molar-refractivity contribution in [3.05, 3.63) is 94.5 Å². The third-order valence-corrected chi connectivity index (χ3v) is 6.32. The van der Waals surface area contributed by atoms with E-state index in [-0.39, 0.29) is 5.91 Å². The number of carbonyl (C=O) groups excluding carboxylic acids is 1. The summed E-state index contributed by atoms with van der Waals surface area (Å²) in [5.74, 6) is 0.843. The number of benzene rings is 2. The summed E-state index contributed by atoms with van der Waals surface area (Å²) in [5, 5.41) is 12.1. The molecule has 0 aliphatic carbocycles. The molecule has 0 aliphatic rings. The lowest BCUT2D eigenvalue weighted by molar-refractivity contribution is 0.102. The number of nitrogens with zero attached hydrogens (tertiary/aromatic N) is 3. The van der Waals surface area contributed by atoms with E-state index in [1.165, 1.54) is 12.4 Å². The molecular weight excluding hydrogens is 513 g/mol. The van der Waals surface area contributed by atoms with Crippen LogP contribution in [0.25, 0.3) is 22.2 Å². The van der Waals surface area contributed by atoms with Gasteiger partial charge in [0, 0.05) is 46.9 Å². The van der Waals surface area contributed by atoms with E-state index in [4.69, 9.17) is 32.7 Å². The highest BCUT2D eigenvalue weighted by molar-refractivity contribution is 6.35. The summed E-state index contributed by atoms with van der Waals surface area (Å²) in [6, 6.07) is 16.2. The second-order valence-electron chi connectivity index (χ2n) is 8.18.